The minimum atomic E-state index is -0.777. The molecule has 4 aromatic rings. The molecule has 0 radical (unpaired) electrons. The van der Waals surface area contributed by atoms with Crippen LogP contribution < -0.4 is 29.1 Å². The number of carbonyl (C=O) groups is 1. The molecule has 1 atom stereocenters. The van der Waals surface area contributed by atoms with E-state index in [2.05, 4.69) is 4.99 Å². The standard InChI is InChI=1S/C34H32Cl2N2O6S/c1-5-41-26-11-9-8-10-23(26)31-30(33(40)43-7-3)20(4)37-34-38(31)32(39)29(45-34)18-21-13-15-27(28(17-21)42-6-2)44-19-22-12-14-24(35)25(36)16-22/h8-18,31H,5-7,19H2,1-4H3/b29-18-/t31-/m1/s1. The van der Waals surface area contributed by atoms with Crippen LogP contribution in [0.2, 0.25) is 10.0 Å². The van der Waals surface area contributed by atoms with Gasteiger partial charge in [-0.1, -0.05) is 64.9 Å². The highest BCUT2D eigenvalue weighted by Crippen LogP contribution is 2.36. The molecule has 0 spiro atoms. The lowest BCUT2D eigenvalue weighted by Crippen LogP contribution is -2.40. The predicted molar refractivity (Wildman–Crippen MR) is 176 cm³/mol. The van der Waals surface area contributed by atoms with Crippen LogP contribution in [0.3, 0.4) is 0 Å². The van der Waals surface area contributed by atoms with Crippen molar-refractivity contribution in [1.29, 1.82) is 0 Å². The zero-order chi connectivity index (χ0) is 32.1. The molecule has 0 aliphatic carbocycles. The van der Waals surface area contributed by atoms with Gasteiger partial charge in [-0.3, -0.25) is 9.36 Å². The second-order valence-electron chi connectivity index (χ2n) is 9.95. The Kier molecular flexibility index (Phi) is 10.3. The Labute approximate surface area is 274 Å². The van der Waals surface area contributed by atoms with Crippen molar-refractivity contribution in [1.82, 2.24) is 4.57 Å². The molecular formula is C34H32Cl2N2O6S. The zero-order valence-corrected chi connectivity index (χ0v) is 27.6. The number of para-hydroxylation sites is 1. The lowest BCUT2D eigenvalue weighted by Gasteiger charge is -2.26. The first-order valence-corrected chi connectivity index (χ1v) is 16.1. The van der Waals surface area contributed by atoms with Gasteiger partial charge in [0, 0.05) is 5.56 Å². The fraction of sp³-hybridized carbons (Fsp3) is 0.265. The SMILES string of the molecule is CCOC(=O)C1=C(C)N=c2s/c(=C\c3ccc(OCc4ccc(Cl)c(Cl)c4)c(OCC)c3)c(=O)n2[C@@H]1c1ccccc1OCC. The second-order valence-corrected chi connectivity index (χ2v) is 11.8. The molecule has 0 saturated heterocycles. The normalized spacial score (nSPS) is 14.5. The Balaban J connectivity index is 1.57. The number of nitrogens with zero attached hydrogens (tertiary/aromatic N) is 2. The minimum Gasteiger partial charge on any atom is -0.494 e. The van der Waals surface area contributed by atoms with Gasteiger partial charge < -0.3 is 18.9 Å². The van der Waals surface area contributed by atoms with E-state index in [1.807, 2.05) is 56.3 Å². The summed E-state index contributed by atoms with van der Waals surface area (Å²) in [6, 6.07) is 17.4. The summed E-state index contributed by atoms with van der Waals surface area (Å²) in [6.45, 7) is 8.56. The topological polar surface area (TPSA) is 88.4 Å². The third-order valence-electron chi connectivity index (χ3n) is 6.97. The van der Waals surface area contributed by atoms with Crippen LogP contribution in [0.5, 0.6) is 17.2 Å². The van der Waals surface area contributed by atoms with Crippen LogP contribution in [0.4, 0.5) is 0 Å². The maximum atomic E-state index is 14.1. The average Bonchev–Trinajstić information content (AvgIpc) is 3.32. The van der Waals surface area contributed by atoms with Crippen LogP contribution in [0.15, 0.2) is 81.7 Å². The summed E-state index contributed by atoms with van der Waals surface area (Å²) in [5.41, 5.74) is 2.76. The first kappa shape index (κ1) is 32.3. The summed E-state index contributed by atoms with van der Waals surface area (Å²) >= 11 is 13.4. The van der Waals surface area contributed by atoms with Crippen LogP contribution in [0, 0.1) is 0 Å². The van der Waals surface area contributed by atoms with E-state index in [9.17, 15) is 9.59 Å². The number of carbonyl (C=O) groups excluding carboxylic acids is 1. The van der Waals surface area contributed by atoms with Crippen LogP contribution in [0.1, 0.15) is 50.4 Å². The van der Waals surface area contributed by atoms with Gasteiger partial charge in [-0.25, -0.2) is 9.79 Å². The molecule has 0 unspecified atom stereocenters. The molecule has 0 fully saturated rings. The number of allylic oxidation sites excluding steroid dienone is 1. The molecule has 0 saturated carbocycles. The maximum Gasteiger partial charge on any atom is 0.338 e. The van der Waals surface area contributed by atoms with Crippen molar-refractivity contribution in [3.63, 3.8) is 0 Å². The van der Waals surface area contributed by atoms with Gasteiger partial charge in [0.2, 0.25) is 0 Å². The summed E-state index contributed by atoms with van der Waals surface area (Å²) in [6.07, 6.45) is 1.78. The van der Waals surface area contributed by atoms with Gasteiger partial charge in [0.1, 0.15) is 18.4 Å². The van der Waals surface area contributed by atoms with Gasteiger partial charge in [-0.2, -0.15) is 0 Å². The minimum absolute atomic E-state index is 0.190. The molecule has 1 aliphatic rings. The van der Waals surface area contributed by atoms with E-state index in [1.165, 1.54) is 11.3 Å². The largest absolute Gasteiger partial charge is 0.494 e. The van der Waals surface area contributed by atoms with Gasteiger partial charge in [0.05, 0.1) is 45.7 Å². The number of hydrogen-bond acceptors (Lipinski definition) is 8. The molecule has 1 aromatic heterocycles. The van der Waals surface area contributed by atoms with E-state index in [0.717, 1.165) is 11.1 Å². The Morgan fingerprint density at radius 3 is 2.40 bits per heavy atom. The number of halogens is 2. The lowest BCUT2D eigenvalue weighted by atomic mass is 9.95. The third kappa shape index (κ3) is 6.96. The van der Waals surface area contributed by atoms with E-state index >= 15 is 0 Å². The van der Waals surface area contributed by atoms with Crippen molar-refractivity contribution < 1.29 is 23.7 Å². The van der Waals surface area contributed by atoms with Crippen molar-refractivity contribution in [2.24, 2.45) is 4.99 Å². The Hall–Kier alpha value is -4.05. The number of rotatable bonds is 11. The molecule has 234 valence electrons. The van der Waals surface area contributed by atoms with Gasteiger partial charge in [0.25, 0.3) is 5.56 Å². The average molecular weight is 668 g/mol. The molecule has 5 rings (SSSR count). The number of aromatic nitrogens is 1. The van der Waals surface area contributed by atoms with Crippen molar-refractivity contribution in [3.8, 4) is 17.2 Å². The van der Waals surface area contributed by atoms with E-state index in [-0.39, 0.29) is 18.8 Å². The monoisotopic (exact) mass is 666 g/mol. The summed E-state index contributed by atoms with van der Waals surface area (Å²) < 4.78 is 25.2. The fourth-order valence-corrected chi connectivity index (χ4v) is 6.39. The summed E-state index contributed by atoms with van der Waals surface area (Å²) in [5, 5.41) is 0.926. The highest BCUT2D eigenvalue weighted by Gasteiger charge is 2.35. The summed E-state index contributed by atoms with van der Waals surface area (Å²) in [7, 11) is 0. The molecule has 3 aromatic carbocycles. The van der Waals surface area contributed by atoms with Crippen molar-refractivity contribution in [3.05, 3.63) is 118 Å². The van der Waals surface area contributed by atoms with E-state index in [0.29, 0.717) is 66.7 Å². The Bertz CT molecular complexity index is 1950. The van der Waals surface area contributed by atoms with E-state index < -0.39 is 12.0 Å². The van der Waals surface area contributed by atoms with Crippen LogP contribution >= 0.6 is 34.5 Å². The van der Waals surface area contributed by atoms with Gasteiger partial charge in [-0.15, -0.1) is 0 Å². The van der Waals surface area contributed by atoms with Gasteiger partial charge >= 0.3 is 5.97 Å². The smallest absolute Gasteiger partial charge is 0.338 e. The Morgan fingerprint density at radius 2 is 1.67 bits per heavy atom. The van der Waals surface area contributed by atoms with Gasteiger partial charge in [0.15, 0.2) is 16.3 Å². The molecule has 2 heterocycles. The molecule has 0 bridgehead atoms. The fourth-order valence-electron chi connectivity index (χ4n) is 5.02. The van der Waals surface area contributed by atoms with E-state index in [4.69, 9.17) is 42.1 Å². The zero-order valence-electron chi connectivity index (χ0n) is 25.3. The first-order chi connectivity index (χ1) is 21.7. The highest BCUT2D eigenvalue weighted by molar-refractivity contribution is 7.07. The summed E-state index contributed by atoms with van der Waals surface area (Å²) in [4.78, 5) is 32.5. The summed E-state index contributed by atoms with van der Waals surface area (Å²) in [5.74, 6) is 1.13. The molecule has 1 aliphatic heterocycles. The van der Waals surface area contributed by atoms with E-state index in [1.54, 1.807) is 42.7 Å². The predicted octanol–water partition coefficient (Wildman–Crippen LogP) is 6.48. The van der Waals surface area contributed by atoms with Crippen molar-refractivity contribution in [2.45, 2.75) is 40.3 Å². The molecule has 0 N–H and O–H groups in total. The van der Waals surface area contributed by atoms with Crippen molar-refractivity contribution in [2.75, 3.05) is 19.8 Å². The number of benzene rings is 3. The molecular weight excluding hydrogens is 635 g/mol. The van der Waals surface area contributed by atoms with Gasteiger partial charge in [-0.05, 0) is 75.2 Å². The maximum absolute atomic E-state index is 14.1. The number of hydrogen-bond donors (Lipinski definition) is 0. The quantitative estimate of drug-likeness (QED) is 0.170. The molecule has 0 amide bonds. The second kappa shape index (κ2) is 14.4. The number of fused-ring (bicyclic) bond motifs is 1. The molecule has 45 heavy (non-hydrogen) atoms. The third-order valence-corrected chi connectivity index (χ3v) is 8.70. The van der Waals surface area contributed by atoms with Crippen LogP contribution in [-0.2, 0) is 16.1 Å². The number of esters is 1. The first-order valence-electron chi connectivity index (χ1n) is 14.5. The van der Waals surface area contributed by atoms with Crippen molar-refractivity contribution >= 4 is 46.6 Å². The van der Waals surface area contributed by atoms with Crippen LogP contribution in [0.25, 0.3) is 6.08 Å². The number of thiazole rings is 1. The lowest BCUT2D eigenvalue weighted by molar-refractivity contribution is -0.139. The molecule has 11 heteroatoms. The number of ether oxygens (including phenoxy) is 4. The highest BCUT2D eigenvalue weighted by atomic mass is 35.5. The molecule has 8 nitrogen and oxygen atoms in total. The Morgan fingerprint density at radius 1 is 0.911 bits per heavy atom. The van der Waals surface area contributed by atoms with Crippen LogP contribution in [-0.4, -0.2) is 30.4 Å².